The van der Waals surface area contributed by atoms with Crippen LogP contribution in [0.25, 0.3) is 0 Å². The molecule has 5 rings (SSSR count). The highest BCUT2D eigenvalue weighted by atomic mass is 16.4. The fraction of sp³-hybridized carbons (Fsp3) is 0.100. The lowest BCUT2D eigenvalue weighted by Gasteiger charge is -2.52. The van der Waals surface area contributed by atoms with Crippen LogP contribution in [0.5, 0.6) is 86.2 Å². The third kappa shape index (κ3) is 6.76. The number of benzene rings is 5. The summed E-state index contributed by atoms with van der Waals surface area (Å²) in [5, 5.41) is 205. The molecule has 0 heterocycles. The molecule has 0 unspecified atom stereocenters. The van der Waals surface area contributed by atoms with Crippen LogP contribution in [0.2, 0.25) is 0 Å². The van der Waals surface area contributed by atoms with Crippen molar-refractivity contribution in [2.24, 2.45) is 0 Å². The fourth-order valence-corrected chi connectivity index (χ4v) is 6.67. The number of hydrogen-bond donors (Lipinski definition) is 19. The molecule has 0 radical (unpaired) electrons. The summed E-state index contributed by atoms with van der Waals surface area (Å²) in [5.74, 6) is -37.0. The van der Waals surface area contributed by atoms with Crippen molar-refractivity contribution in [2.45, 2.75) is 22.4 Å². The molecule has 0 aliphatic rings. The number of phenols is 15. The standard InChI is InChI=1S/C40H30O25/c41-11-37(62,32(57)12-1-17(42)27(52)18(43)2-12)39(64,35(60)15-7-23(48)30(55)24(49)8-15)40(65,36(61)16-9-25(50)31(56)26(51)10-16)38(63,33(58)13-3-19(44)28(53)20(45)4-13)34(59)14-5-21(46)29(54)22(47)6-14/h1-11,42-56,62-65H/t37-,39+,40-/m1/s1. The second-order valence-electron chi connectivity index (χ2n) is 14.0. The van der Waals surface area contributed by atoms with Gasteiger partial charge in [0.05, 0.1) is 0 Å². The van der Waals surface area contributed by atoms with Crippen molar-refractivity contribution in [3.63, 3.8) is 0 Å². The number of phenolic OH excluding ortho intramolecular Hbond substituents is 15. The minimum Gasteiger partial charge on any atom is -0.504 e. The van der Waals surface area contributed by atoms with Gasteiger partial charge in [0.1, 0.15) is 0 Å². The van der Waals surface area contributed by atoms with Crippen LogP contribution in [0.3, 0.4) is 0 Å². The van der Waals surface area contributed by atoms with Gasteiger partial charge in [-0.1, -0.05) is 0 Å². The van der Waals surface area contributed by atoms with Crippen molar-refractivity contribution in [1.29, 1.82) is 0 Å². The summed E-state index contributed by atoms with van der Waals surface area (Å²) in [6, 6.07) is 0.144. The van der Waals surface area contributed by atoms with Gasteiger partial charge in [-0.15, -0.1) is 0 Å². The number of carbonyl (C=O) groups excluding carboxylic acids is 6. The Kier molecular flexibility index (Phi) is 11.4. The van der Waals surface area contributed by atoms with Gasteiger partial charge in [-0.25, -0.2) is 0 Å². The van der Waals surface area contributed by atoms with Crippen LogP contribution in [-0.4, -0.2) is 155 Å². The molecule has 65 heavy (non-hydrogen) atoms. The largest absolute Gasteiger partial charge is 0.504 e. The summed E-state index contributed by atoms with van der Waals surface area (Å²) in [6.45, 7) is 0. The van der Waals surface area contributed by atoms with Gasteiger partial charge >= 0.3 is 0 Å². The predicted octanol–water partition coefficient (Wildman–Crippen LogP) is -0.892. The summed E-state index contributed by atoms with van der Waals surface area (Å²) >= 11 is 0. The monoisotopic (exact) mass is 910 g/mol. The van der Waals surface area contributed by atoms with E-state index in [0.717, 1.165) is 0 Å². The van der Waals surface area contributed by atoms with Gasteiger partial charge in [-0.2, -0.15) is 0 Å². The highest BCUT2D eigenvalue weighted by Crippen LogP contribution is 2.52. The predicted molar refractivity (Wildman–Crippen MR) is 205 cm³/mol. The highest BCUT2D eigenvalue weighted by Gasteiger charge is 2.82. The fourth-order valence-electron chi connectivity index (χ4n) is 6.67. The molecule has 19 N–H and O–H groups in total. The molecule has 0 bridgehead atoms. The van der Waals surface area contributed by atoms with E-state index < -0.39 is 172 Å². The molecule has 0 saturated heterocycles. The van der Waals surface area contributed by atoms with Gasteiger partial charge in [-0.05, 0) is 60.7 Å². The van der Waals surface area contributed by atoms with Gasteiger partial charge in [0.15, 0.2) is 92.5 Å². The quantitative estimate of drug-likeness (QED) is 0.0278. The topological polar surface area (TPSA) is 487 Å². The lowest BCUT2D eigenvalue weighted by Crippen LogP contribution is -2.86. The maximum atomic E-state index is 15.2. The van der Waals surface area contributed by atoms with Crippen molar-refractivity contribution >= 4 is 35.2 Å². The number of Topliss-reactive ketones (excluding diaryl/α,β-unsaturated/α-hetero) is 5. The van der Waals surface area contributed by atoms with Gasteiger partial charge in [0.25, 0.3) is 0 Å². The highest BCUT2D eigenvalue weighted by molar-refractivity contribution is 6.32. The molecule has 5 aromatic rings. The first-order chi connectivity index (χ1) is 30.0. The Morgan fingerprint density at radius 2 is 0.492 bits per heavy atom. The molecule has 25 heteroatoms. The van der Waals surface area contributed by atoms with Gasteiger partial charge in [0, 0.05) is 27.8 Å². The number of rotatable bonds is 14. The van der Waals surface area contributed by atoms with E-state index in [1.807, 2.05) is 0 Å². The van der Waals surface area contributed by atoms with Gasteiger partial charge < -0.3 is 97.0 Å². The second-order valence-corrected chi connectivity index (χ2v) is 14.0. The Bertz CT molecular complexity index is 2740. The van der Waals surface area contributed by atoms with E-state index in [9.17, 15) is 116 Å². The number of aromatic hydroxyl groups is 15. The Balaban J connectivity index is 2.15. The van der Waals surface area contributed by atoms with Crippen molar-refractivity contribution in [1.82, 2.24) is 0 Å². The maximum Gasteiger partial charge on any atom is 0.230 e. The van der Waals surface area contributed by atoms with E-state index in [-0.39, 0.29) is 60.7 Å². The van der Waals surface area contributed by atoms with Crippen molar-refractivity contribution in [2.75, 3.05) is 0 Å². The molecule has 0 aliphatic heterocycles. The molecule has 25 nitrogen and oxygen atoms in total. The normalized spacial score (nSPS) is 14.3. The lowest BCUT2D eigenvalue weighted by atomic mass is 9.54. The number of aldehydes is 1. The van der Waals surface area contributed by atoms with Crippen LogP contribution in [0, 0.1) is 0 Å². The van der Waals surface area contributed by atoms with Gasteiger partial charge in [-0.3, -0.25) is 28.8 Å². The molecule has 0 aliphatic carbocycles. The molecule has 0 fully saturated rings. The molecule has 0 spiro atoms. The Morgan fingerprint density at radius 3 is 0.708 bits per heavy atom. The Labute approximate surface area is 357 Å². The third-order valence-electron chi connectivity index (χ3n) is 10.1. The van der Waals surface area contributed by atoms with Crippen LogP contribution in [0.4, 0.5) is 0 Å². The molecule has 0 aromatic heterocycles. The van der Waals surface area contributed by atoms with Crippen LogP contribution in [0.1, 0.15) is 51.8 Å². The van der Waals surface area contributed by atoms with Crippen molar-refractivity contribution < 1.29 is 126 Å². The Morgan fingerprint density at radius 1 is 0.308 bits per heavy atom. The number of aliphatic hydroxyl groups is 4. The van der Waals surface area contributed by atoms with Crippen LogP contribution >= 0.6 is 0 Å². The lowest BCUT2D eigenvalue weighted by molar-refractivity contribution is -0.211. The Hall–Kier alpha value is -9.04. The number of carbonyl (C=O) groups is 6. The summed E-state index contributed by atoms with van der Waals surface area (Å²) in [4.78, 5) is 88.1. The molecule has 5 aromatic carbocycles. The molecule has 0 amide bonds. The first kappa shape index (κ1) is 47.0. The minimum absolute atomic E-state index is 0.0197. The van der Waals surface area contributed by atoms with E-state index in [1.165, 1.54) is 0 Å². The first-order valence-electron chi connectivity index (χ1n) is 17.3. The summed E-state index contributed by atoms with van der Waals surface area (Å²) < 4.78 is 0. The van der Waals surface area contributed by atoms with E-state index in [0.29, 0.717) is 0 Å². The zero-order chi connectivity index (χ0) is 49.2. The zero-order valence-electron chi connectivity index (χ0n) is 31.8. The molecular formula is C40H30O25. The van der Waals surface area contributed by atoms with E-state index in [1.54, 1.807) is 0 Å². The smallest absolute Gasteiger partial charge is 0.230 e. The van der Waals surface area contributed by atoms with E-state index >= 15 is 9.59 Å². The maximum absolute atomic E-state index is 15.2. The molecule has 340 valence electrons. The van der Waals surface area contributed by atoms with E-state index in [4.69, 9.17) is 0 Å². The summed E-state index contributed by atoms with van der Waals surface area (Å²) in [7, 11) is 0. The molecular weight excluding hydrogens is 880 g/mol. The first-order valence-corrected chi connectivity index (χ1v) is 17.3. The third-order valence-corrected chi connectivity index (χ3v) is 10.1. The van der Waals surface area contributed by atoms with Gasteiger partial charge in [0.2, 0.25) is 51.3 Å². The molecule has 0 saturated carbocycles. The summed E-state index contributed by atoms with van der Waals surface area (Å²) in [6.07, 6.45) is -1.26. The van der Waals surface area contributed by atoms with Crippen molar-refractivity contribution in [3.05, 3.63) is 88.5 Å². The molecule has 3 atom stereocenters. The average molecular weight is 911 g/mol. The number of ketones is 5. The zero-order valence-corrected chi connectivity index (χ0v) is 31.8. The second kappa shape index (κ2) is 15.7. The van der Waals surface area contributed by atoms with Crippen LogP contribution in [-0.2, 0) is 4.79 Å². The van der Waals surface area contributed by atoms with Crippen LogP contribution in [0.15, 0.2) is 60.7 Å². The number of hydrogen-bond acceptors (Lipinski definition) is 25. The van der Waals surface area contributed by atoms with Crippen LogP contribution < -0.4 is 0 Å². The van der Waals surface area contributed by atoms with Crippen molar-refractivity contribution in [3.8, 4) is 86.2 Å². The average Bonchev–Trinajstić information content (AvgIpc) is 3.26. The van der Waals surface area contributed by atoms with E-state index in [2.05, 4.69) is 0 Å². The minimum atomic E-state index is -5.77. The SMILES string of the molecule is O=C[C@@](O)(C(=O)c1cc(O)c(O)c(O)c1)[C@@](O)(C(=O)c1cc(O)c(O)c(O)c1)[C@@](O)(C(=O)c1cc(O)c(O)c(O)c1)C(O)(C(=O)c1cc(O)c(O)c(O)c1)C(=O)c1cc(O)c(O)c(O)c1. The summed E-state index contributed by atoms with van der Waals surface area (Å²) in [5.41, 5.74) is -30.3.